The molecule has 4 nitrogen and oxygen atoms in total. The maximum absolute atomic E-state index is 11.6. The van der Waals surface area contributed by atoms with Gasteiger partial charge in [-0.05, 0) is 25.0 Å². The smallest absolute Gasteiger partial charge is 0.160 e. The van der Waals surface area contributed by atoms with Gasteiger partial charge in [0, 0.05) is 10.8 Å². The van der Waals surface area contributed by atoms with Crippen LogP contribution in [0.2, 0.25) is 0 Å². The standard InChI is InChI=1S/C28H38O4S2/c1-3-5-7-9-11-13-15-31-25-23-17-21(19-29)34-28(23)26(24-18-22(20-30)33-27(24)25)32-16-14-12-10-8-6-4-2/h17-20H,3-16H2,1-2H3. The maximum atomic E-state index is 11.6. The minimum absolute atomic E-state index is 0.634. The molecule has 0 aliphatic heterocycles. The van der Waals surface area contributed by atoms with E-state index in [9.17, 15) is 9.59 Å². The Morgan fingerprint density at radius 1 is 0.618 bits per heavy atom. The predicted octanol–water partition coefficient (Wildman–Crippen LogP) is 9.22. The van der Waals surface area contributed by atoms with E-state index in [1.807, 2.05) is 12.1 Å². The maximum Gasteiger partial charge on any atom is 0.160 e. The number of thiophene rings is 2. The molecule has 3 rings (SSSR count). The van der Waals surface area contributed by atoms with Crippen molar-refractivity contribution < 1.29 is 19.1 Å². The summed E-state index contributed by atoms with van der Waals surface area (Å²) in [5, 5.41) is 1.84. The fourth-order valence-electron chi connectivity index (χ4n) is 4.26. The van der Waals surface area contributed by atoms with Gasteiger partial charge in [0.25, 0.3) is 0 Å². The van der Waals surface area contributed by atoms with E-state index in [4.69, 9.17) is 9.47 Å². The summed E-state index contributed by atoms with van der Waals surface area (Å²) in [4.78, 5) is 24.5. The van der Waals surface area contributed by atoms with Crippen molar-refractivity contribution in [2.75, 3.05) is 13.2 Å². The molecular weight excluding hydrogens is 464 g/mol. The molecule has 0 fully saturated rings. The monoisotopic (exact) mass is 502 g/mol. The third-order valence-electron chi connectivity index (χ3n) is 6.12. The lowest BCUT2D eigenvalue weighted by Gasteiger charge is -2.14. The van der Waals surface area contributed by atoms with Crippen molar-refractivity contribution >= 4 is 55.4 Å². The Labute approximate surface area is 211 Å². The van der Waals surface area contributed by atoms with Gasteiger partial charge in [0.2, 0.25) is 0 Å². The van der Waals surface area contributed by atoms with Gasteiger partial charge in [0.1, 0.15) is 11.5 Å². The van der Waals surface area contributed by atoms with E-state index in [0.717, 1.165) is 69.9 Å². The molecule has 0 N–H and O–H groups in total. The van der Waals surface area contributed by atoms with Gasteiger partial charge in [-0.2, -0.15) is 0 Å². The lowest BCUT2D eigenvalue weighted by Crippen LogP contribution is -2.00. The fourth-order valence-corrected chi connectivity index (χ4v) is 6.22. The van der Waals surface area contributed by atoms with Gasteiger partial charge in [-0.15, -0.1) is 22.7 Å². The Bertz CT molecular complexity index is 913. The van der Waals surface area contributed by atoms with Gasteiger partial charge in [-0.1, -0.05) is 78.1 Å². The van der Waals surface area contributed by atoms with Crippen molar-refractivity contribution in [2.24, 2.45) is 0 Å². The molecule has 0 amide bonds. The first-order valence-corrected chi connectivity index (χ1v) is 14.6. The zero-order chi connectivity index (χ0) is 24.2. The Kier molecular flexibility index (Phi) is 11.4. The van der Waals surface area contributed by atoms with Crippen molar-refractivity contribution in [1.82, 2.24) is 0 Å². The highest BCUT2D eigenvalue weighted by atomic mass is 32.1. The molecule has 1 aromatic carbocycles. The van der Waals surface area contributed by atoms with Gasteiger partial charge in [0.05, 0.1) is 32.4 Å². The largest absolute Gasteiger partial charge is 0.491 e. The first-order valence-electron chi connectivity index (χ1n) is 12.9. The fraction of sp³-hybridized carbons (Fsp3) is 0.571. The number of carbonyl (C=O) groups excluding carboxylic acids is 2. The Hall–Kier alpha value is -1.92. The highest BCUT2D eigenvalue weighted by molar-refractivity contribution is 7.23. The summed E-state index contributed by atoms with van der Waals surface area (Å²) in [6.07, 6.45) is 16.2. The highest BCUT2D eigenvalue weighted by Gasteiger charge is 2.21. The van der Waals surface area contributed by atoms with Crippen molar-refractivity contribution in [3.8, 4) is 11.5 Å². The molecule has 2 heterocycles. The van der Waals surface area contributed by atoms with Crippen molar-refractivity contribution in [3.05, 3.63) is 21.9 Å². The molecular formula is C28H38O4S2. The van der Waals surface area contributed by atoms with Crippen LogP contribution in [0.15, 0.2) is 12.1 Å². The molecule has 0 spiro atoms. The topological polar surface area (TPSA) is 52.6 Å². The number of rotatable bonds is 18. The van der Waals surface area contributed by atoms with E-state index in [1.165, 1.54) is 74.0 Å². The van der Waals surface area contributed by atoms with Crippen LogP contribution in [-0.4, -0.2) is 25.8 Å². The second kappa shape index (κ2) is 14.5. The second-order valence-corrected chi connectivity index (χ2v) is 11.1. The summed E-state index contributed by atoms with van der Waals surface area (Å²) < 4.78 is 14.5. The van der Waals surface area contributed by atoms with Crippen LogP contribution >= 0.6 is 22.7 Å². The van der Waals surface area contributed by atoms with Gasteiger partial charge < -0.3 is 9.47 Å². The van der Waals surface area contributed by atoms with Crippen molar-refractivity contribution in [3.63, 3.8) is 0 Å². The SMILES string of the molecule is CCCCCCCCOc1c2cc(C=O)sc2c(OCCCCCCCC)c2cc(C=O)sc12. The number of hydrogen-bond acceptors (Lipinski definition) is 6. The average molecular weight is 503 g/mol. The first-order chi connectivity index (χ1) is 16.7. The molecule has 3 aromatic rings. The minimum atomic E-state index is 0.634. The minimum Gasteiger partial charge on any atom is -0.491 e. The number of benzene rings is 1. The lowest BCUT2D eigenvalue weighted by molar-refractivity contribution is 0.111. The molecule has 0 atom stereocenters. The molecule has 34 heavy (non-hydrogen) atoms. The van der Waals surface area contributed by atoms with Crippen LogP contribution < -0.4 is 9.47 Å². The summed E-state index contributed by atoms with van der Waals surface area (Å²) in [6, 6.07) is 3.81. The van der Waals surface area contributed by atoms with Crippen LogP contribution in [0.4, 0.5) is 0 Å². The number of unbranched alkanes of at least 4 members (excludes halogenated alkanes) is 10. The number of fused-ring (bicyclic) bond motifs is 2. The molecule has 186 valence electrons. The zero-order valence-electron chi connectivity index (χ0n) is 20.7. The summed E-state index contributed by atoms with van der Waals surface area (Å²) >= 11 is 2.88. The summed E-state index contributed by atoms with van der Waals surface area (Å²) in [5.74, 6) is 1.57. The normalized spacial score (nSPS) is 11.4. The molecule has 0 saturated heterocycles. The van der Waals surface area contributed by atoms with E-state index in [1.54, 1.807) is 0 Å². The summed E-state index contributed by atoms with van der Waals surface area (Å²) in [5.41, 5.74) is 0. The van der Waals surface area contributed by atoms with Crippen LogP contribution in [0.3, 0.4) is 0 Å². The van der Waals surface area contributed by atoms with Crippen LogP contribution in [0.5, 0.6) is 11.5 Å². The van der Waals surface area contributed by atoms with Crippen molar-refractivity contribution in [2.45, 2.75) is 90.9 Å². The zero-order valence-corrected chi connectivity index (χ0v) is 22.3. The molecule has 6 heteroatoms. The van der Waals surface area contributed by atoms with E-state index in [0.29, 0.717) is 23.0 Å². The number of aldehydes is 2. The molecule has 0 saturated carbocycles. The van der Waals surface area contributed by atoms with Crippen LogP contribution in [-0.2, 0) is 0 Å². The highest BCUT2D eigenvalue weighted by Crippen LogP contribution is 2.49. The Balaban J connectivity index is 1.81. The lowest BCUT2D eigenvalue weighted by atomic mass is 10.1. The van der Waals surface area contributed by atoms with Gasteiger partial charge >= 0.3 is 0 Å². The molecule has 2 aromatic heterocycles. The van der Waals surface area contributed by atoms with E-state index < -0.39 is 0 Å². The number of ether oxygens (including phenoxy) is 2. The van der Waals surface area contributed by atoms with E-state index in [-0.39, 0.29) is 0 Å². The number of hydrogen-bond donors (Lipinski definition) is 0. The molecule has 0 bridgehead atoms. The predicted molar refractivity (Wildman–Crippen MR) is 146 cm³/mol. The van der Waals surface area contributed by atoms with Crippen molar-refractivity contribution in [1.29, 1.82) is 0 Å². The summed E-state index contributed by atoms with van der Waals surface area (Å²) in [7, 11) is 0. The van der Waals surface area contributed by atoms with E-state index >= 15 is 0 Å². The van der Waals surface area contributed by atoms with Crippen LogP contribution in [0.25, 0.3) is 20.2 Å². The molecule has 0 aliphatic carbocycles. The molecule has 0 aliphatic rings. The quantitative estimate of drug-likeness (QED) is 0.128. The third-order valence-corrected chi connectivity index (χ3v) is 8.24. The average Bonchev–Trinajstić information content (AvgIpc) is 3.48. The van der Waals surface area contributed by atoms with Gasteiger partial charge in [0.15, 0.2) is 12.6 Å². The molecule has 0 radical (unpaired) electrons. The van der Waals surface area contributed by atoms with Gasteiger partial charge in [-0.3, -0.25) is 9.59 Å². The van der Waals surface area contributed by atoms with Crippen LogP contribution in [0, 0.1) is 0 Å². The van der Waals surface area contributed by atoms with Crippen LogP contribution in [0.1, 0.15) is 110 Å². The second-order valence-electron chi connectivity index (χ2n) is 8.91. The third kappa shape index (κ3) is 7.05. The van der Waals surface area contributed by atoms with Gasteiger partial charge in [-0.25, -0.2) is 0 Å². The van der Waals surface area contributed by atoms with E-state index in [2.05, 4.69) is 13.8 Å². The number of carbonyl (C=O) groups is 2. The first kappa shape index (κ1) is 26.7. The summed E-state index contributed by atoms with van der Waals surface area (Å²) in [6.45, 7) is 5.72. The Morgan fingerprint density at radius 2 is 1.00 bits per heavy atom. The Morgan fingerprint density at radius 3 is 1.38 bits per heavy atom. The molecule has 0 unspecified atom stereocenters.